The van der Waals surface area contributed by atoms with Crippen LogP contribution in [0.1, 0.15) is 0 Å². The van der Waals surface area contributed by atoms with Gasteiger partial charge in [0.2, 0.25) is 5.75 Å². The summed E-state index contributed by atoms with van der Waals surface area (Å²) in [4.78, 5) is 2.82. The van der Waals surface area contributed by atoms with Gasteiger partial charge in [-0.25, -0.2) is 0 Å². The predicted molar refractivity (Wildman–Crippen MR) is 110 cm³/mol. The fraction of sp³-hybridized carbons (Fsp3) is 0.455. The van der Waals surface area contributed by atoms with Gasteiger partial charge in [0.1, 0.15) is 45.4 Å². The average Bonchev–Trinajstić information content (AvgIpc) is 2.77. The maximum Gasteiger partial charge on any atom is 0.203 e. The van der Waals surface area contributed by atoms with Gasteiger partial charge in [-0.1, -0.05) is 18.2 Å². The van der Waals surface area contributed by atoms with Crippen molar-refractivity contribution >= 4 is 5.69 Å². The molecule has 0 radical (unpaired) electrons. The molecule has 9 heteroatoms. The highest BCUT2D eigenvalue weighted by Crippen LogP contribution is 2.36. The second-order valence-electron chi connectivity index (χ2n) is 7.21. The molecule has 0 saturated carbocycles. The van der Waals surface area contributed by atoms with Crippen LogP contribution in [0.15, 0.2) is 42.5 Å². The zero-order valence-corrected chi connectivity index (χ0v) is 19.7. The summed E-state index contributed by atoms with van der Waals surface area (Å²) < 4.78 is 22.0. The largest absolute Gasteiger partial charge is 1.00 e. The predicted octanol–water partition coefficient (Wildman–Crippen LogP) is -6.42. The molecule has 0 aliphatic carbocycles. The number of halogens is 2. The Morgan fingerprint density at radius 3 is 2.06 bits per heavy atom. The third-order valence-electron chi connectivity index (χ3n) is 5.37. The first-order valence-electron chi connectivity index (χ1n) is 9.99. The molecule has 0 amide bonds. The third kappa shape index (κ3) is 7.05. The Kier molecular flexibility index (Phi) is 11.8. The smallest absolute Gasteiger partial charge is 0.203 e. The van der Waals surface area contributed by atoms with Crippen LogP contribution in [0.25, 0.3) is 0 Å². The van der Waals surface area contributed by atoms with Crippen molar-refractivity contribution in [3.05, 3.63) is 42.5 Å². The van der Waals surface area contributed by atoms with Crippen molar-refractivity contribution in [2.45, 2.75) is 6.10 Å². The van der Waals surface area contributed by atoms with Gasteiger partial charge in [-0.05, 0) is 18.2 Å². The summed E-state index contributed by atoms with van der Waals surface area (Å²) in [6.07, 6.45) is -0.547. The highest BCUT2D eigenvalue weighted by Gasteiger charge is 2.28. The Morgan fingerprint density at radius 1 is 0.806 bits per heavy atom. The molecule has 1 aliphatic rings. The van der Waals surface area contributed by atoms with E-state index >= 15 is 0 Å². The quantitative estimate of drug-likeness (QED) is 0.337. The molecule has 1 heterocycles. The molecular weight excluding hydrogens is 443 g/mol. The molecule has 1 unspecified atom stereocenters. The number of piperazine rings is 1. The van der Waals surface area contributed by atoms with E-state index in [0.29, 0.717) is 23.8 Å². The van der Waals surface area contributed by atoms with Crippen LogP contribution in [0.5, 0.6) is 23.0 Å². The summed E-state index contributed by atoms with van der Waals surface area (Å²) in [6.45, 7) is 4.88. The lowest BCUT2D eigenvalue weighted by Crippen LogP contribution is -3.26. The molecule has 1 aliphatic heterocycles. The summed E-state index contributed by atoms with van der Waals surface area (Å²) in [7, 11) is 4.88. The fourth-order valence-corrected chi connectivity index (χ4v) is 3.86. The van der Waals surface area contributed by atoms with Gasteiger partial charge in [-0.2, -0.15) is 0 Å². The fourth-order valence-electron chi connectivity index (χ4n) is 3.86. The molecule has 3 N–H and O–H groups in total. The van der Waals surface area contributed by atoms with Crippen LogP contribution in [-0.2, 0) is 0 Å². The van der Waals surface area contributed by atoms with E-state index < -0.39 is 6.10 Å². The molecule has 0 bridgehead atoms. The number of quaternary nitrogens is 2. The van der Waals surface area contributed by atoms with Crippen molar-refractivity contribution < 1.29 is 58.7 Å². The molecule has 2 aromatic carbocycles. The van der Waals surface area contributed by atoms with Crippen molar-refractivity contribution in [3.8, 4) is 23.0 Å². The highest BCUT2D eigenvalue weighted by atomic mass is 35.5. The van der Waals surface area contributed by atoms with E-state index in [2.05, 4.69) is 12.1 Å². The normalized spacial score (nSPS) is 18.7. The number of hydrogen-bond donors (Lipinski definition) is 3. The molecule has 7 nitrogen and oxygen atoms in total. The zero-order valence-electron chi connectivity index (χ0n) is 18.2. The van der Waals surface area contributed by atoms with Crippen LogP contribution in [0, 0.1) is 0 Å². The molecule has 2 aromatic rings. The van der Waals surface area contributed by atoms with Crippen molar-refractivity contribution in [2.75, 3.05) is 60.7 Å². The molecule has 1 fully saturated rings. The third-order valence-corrected chi connectivity index (χ3v) is 5.37. The van der Waals surface area contributed by atoms with Crippen LogP contribution >= 0.6 is 0 Å². The minimum atomic E-state index is -0.547. The van der Waals surface area contributed by atoms with Crippen molar-refractivity contribution in [3.63, 3.8) is 0 Å². The second kappa shape index (κ2) is 13.5. The number of nitrogens with one attached hydrogen (secondary N) is 2. The molecule has 3 rings (SSSR count). The summed E-state index contributed by atoms with van der Waals surface area (Å²) in [5, 5.41) is 10.5. The van der Waals surface area contributed by atoms with E-state index in [4.69, 9.17) is 18.9 Å². The standard InChI is InChI=1S/C22H30N2O5.2ClH/c1-26-19-8-5-4-7-18(19)24-13-11-23(12-14-24)15-17(25)16-29-21-10-6-9-20(27-2)22(21)28-3;;/h4-10,17,25H,11-16H2,1-3H3;2*1H. The van der Waals surface area contributed by atoms with Crippen LogP contribution in [-0.4, -0.2) is 71.9 Å². The first kappa shape index (κ1) is 27.1. The number of aliphatic hydroxyl groups excluding tert-OH is 1. The van der Waals surface area contributed by atoms with Gasteiger partial charge >= 0.3 is 0 Å². The molecule has 0 aromatic heterocycles. The van der Waals surface area contributed by atoms with Crippen molar-refractivity contribution in [1.82, 2.24) is 0 Å². The SMILES string of the molecule is COc1ccccc1[NH+]1CC[NH+](CC(O)COc2cccc(OC)c2OC)CC1.[Cl-].[Cl-]. The summed E-state index contributed by atoms with van der Waals surface area (Å²) in [5.74, 6) is 2.67. The second-order valence-corrected chi connectivity index (χ2v) is 7.21. The van der Waals surface area contributed by atoms with Gasteiger partial charge in [-0.15, -0.1) is 0 Å². The topological polar surface area (TPSA) is 66.0 Å². The number of rotatable bonds is 9. The van der Waals surface area contributed by atoms with Crippen LogP contribution < -0.4 is 53.6 Å². The Morgan fingerprint density at radius 2 is 1.42 bits per heavy atom. The minimum Gasteiger partial charge on any atom is -1.00 e. The number of para-hydroxylation sites is 3. The maximum absolute atomic E-state index is 10.5. The maximum atomic E-state index is 10.5. The first-order chi connectivity index (χ1) is 14.2. The number of methoxy groups -OCH3 is 3. The Hall–Kier alpha value is -1.90. The van der Waals surface area contributed by atoms with Crippen molar-refractivity contribution in [2.24, 2.45) is 0 Å². The van der Waals surface area contributed by atoms with Gasteiger partial charge in [0.05, 0.1) is 21.3 Å². The molecule has 0 spiro atoms. The first-order valence-corrected chi connectivity index (χ1v) is 9.99. The van der Waals surface area contributed by atoms with Crippen LogP contribution in [0.4, 0.5) is 5.69 Å². The number of hydrogen-bond acceptors (Lipinski definition) is 5. The Bertz CT molecular complexity index is 788. The van der Waals surface area contributed by atoms with Gasteiger partial charge in [0.15, 0.2) is 22.9 Å². The summed E-state index contributed by atoms with van der Waals surface area (Å²) in [6, 6.07) is 13.7. The molecule has 1 atom stereocenters. The monoisotopic (exact) mass is 474 g/mol. The number of ether oxygens (including phenoxy) is 4. The minimum absolute atomic E-state index is 0. The lowest BCUT2D eigenvalue weighted by atomic mass is 10.2. The average molecular weight is 475 g/mol. The van der Waals surface area contributed by atoms with E-state index in [1.807, 2.05) is 30.3 Å². The van der Waals surface area contributed by atoms with E-state index in [-0.39, 0.29) is 31.4 Å². The lowest BCUT2D eigenvalue weighted by Gasteiger charge is -2.31. The highest BCUT2D eigenvalue weighted by molar-refractivity contribution is 5.51. The van der Waals surface area contributed by atoms with Gasteiger partial charge in [0, 0.05) is 6.07 Å². The molecule has 1 saturated heterocycles. The van der Waals surface area contributed by atoms with E-state index in [1.165, 1.54) is 15.5 Å². The molecule has 31 heavy (non-hydrogen) atoms. The van der Waals surface area contributed by atoms with Gasteiger partial charge in [-0.3, -0.25) is 4.90 Å². The molecular formula is C22H32Cl2N2O5. The van der Waals surface area contributed by atoms with Gasteiger partial charge in [0.25, 0.3) is 0 Å². The molecule has 174 valence electrons. The zero-order chi connectivity index (χ0) is 20.6. The van der Waals surface area contributed by atoms with E-state index in [1.54, 1.807) is 21.3 Å². The lowest BCUT2D eigenvalue weighted by molar-refractivity contribution is -0.988. The van der Waals surface area contributed by atoms with E-state index in [9.17, 15) is 5.11 Å². The van der Waals surface area contributed by atoms with Crippen LogP contribution in [0.2, 0.25) is 0 Å². The number of aliphatic hydroxyl groups is 1. The van der Waals surface area contributed by atoms with E-state index in [0.717, 1.165) is 31.9 Å². The van der Waals surface area contributed by atoms with Crippen molar-refractivity contribution in [1.29, 1.82) is 0 Å². The Balaban J connectivity index is 0.00000240. The summed E-state index contributed by atoms with van der Waals surface area (Å²) in [5.41, 5.74) is 1.21. The van der Waals surface area contributed by atoms with Gasteiger partial charge < -0.3 is 53.8 Å². The van der Waals surface area contributed by atoms with Crippen LogP contribution in [0.3, 0.4) is 0 Å². The summed E-state index contributed by atoms with van der Waals surface area (Å²) >= 11 is 0. The number of benzene rings is 2. The Labute approximate surface area is 196 Å².